The van der Waals surface area contributed by atoms with Crippen LogP contribution in [0, 0.1) is 5.92 Å². The highest BCUT2D eigenvalue weighted by Gasteiger charge is 2.65. The molecule has 1 spiro atoms. The highest BCUT2D eigenvalue weighted by molar-refractivity contribution is 7.91. The molecular formula is C43H53F5N6O9S. The molecule has 4 fully saturated rings. The lowest BCUT2D eigenvalue weighted by Crippen LogP contribution is -2.60. The number of likely N-dealkylation sites (tertiary alicyclic amines) is 1. The number of benzene rings is 1. The van der Waals surface area contributed by atoms with Crippen molar-refractivity contribution in [3.63, 3.8) is 0 Å². The van der Waals surface area contributed by atoms with E-state index in [0.29, 0.717) is 38.5 Å². The number of methoxy groups -OCH3 is 1. The number of sulfonamides is 1. The number of aromatic nitrogens is 1. The van der Waals surface area contributed by atoms with Gasteiger partial charge >= 0.3 is 12.3 Å². The van der Waals surface area contributed by atoms with E-state index in [4.69, 9.17) is 14.2 Å². The fraction of sp³-hybridized carbons (Fsp3) is 0.651. The van der Waals surface area contributed by atoms with Crippen molar-refractivity contribution in [2.75, 3.05) is 26.7 Å². The maximum Gasteiger partial charge on any atom is 0.437 e. The Morgan fingerprint density at radius 2 is 1.70 bits per heavy atom. The first-order valence-electron chi connectivity index (χ1n) is 21.5. The van der Waals surface area contributed by atoms with Crippen LogP contribution in [-0.4, -0.2) is 113 Å². The highest BCUT2D eigenvalue weighted by Crippen LogP contribution is 2.56. The van der Waals surface area contributed by atoms with Crippen LogP contribution in [0.2, 0.25) is 0 Å². The van der Waals surface area contributed by atoms with Gasteiger partial charge in [0.15, 0.2) is 11.4 Å². The van der Waals surface area contributed by atoms with Crippen molar-refractivity contribution in [1.29, 1.82) is 0 Å². The standard InChI is InChI=1S/C43H53F5N6O9S/c1-38(2,3)63-37(58)50-28-12-10-8-6-7-9-11-24-18-42(24,36(57)52-64(59,60)39(4)15-16-39)51-34(55)30-20-40(21-54(30)35(28)56)19-29(53-22-41(44,45)23-53)31-26-17-25(61-5)13-14-27(26)49-33(32(31)62-40)43(46,47)48/h9,11,13-14,17,24,28-30H,6-8,10,12,15-16,18-23H2,1-5H3,(H,50,58)(H,51,55)(H,52,57)/b11-9-/t24-,28+,29?,30+,40-,42-/m1/s1. The number of nitrogens with one attached hydrogen (secondary N) is 3. The van der Waals surface area contributed by atoms with Crippen LogP contribution in [0.1, 0.15) is 109 Å². The summed E-state index contributed by atoms with van der Waals surface area (Å²) in [6.45, 7) is 4.24. The number of allylic oxidation sites excluding steroid dienone is 1. The summed E-state index contributed by atoms with van der Waals surface area (Å²) in [5.74, 6) is -7.01. The fourth-order valence-electron chi connectivity index (χ4n) is 9.45. The van der Waals surface area contributed by atoms with Crippen molar-refractivity contribution < 1.29 is 63.8 Å². The SMILES string of the molecule is COc1ccc2nc(C(F)(F)F)c3c(c2c1)C(N1CC(F)(F)C1)C[C@]1(C[C@H]2C(=O)N[C@]4(C(=O)NS(=O)(=O)C5(C)CC5)C[C@H]4/C=C\CCCCC[C@H](NC(=O)OC(C)(C)C)C(=O)N2C1)O3. The van der Waals surface area contributed by atoms with Gasteiger partial charge in [0.05, 0.1) is 37.0 Å². The predicted molar refractivity (Wildman–Crippen MR) is 220 cm³/mol. The summed E-state index contributed by atoms with van der Waals surface area (Å²) in [7, 11) is -2.81. The molecule has 64 heavy (non-hydrogen) atoms. The van der Waals surface area contributed by atoms with Gasteiger partial charge in [-0.15, -0.1) is 0 Å². The van der Waals surface area contributed by atoms with E-state index in [2.05, 4.69) is 20.3 Å². The third kappa shape index (κ3) is 8.69. The lowest BCUT2D eigenvalue weighted by atomic mass is 9.81. The summed E-state index contributed by atoms with van der Waals surface area (Å²) in [5, 5.41) is 5.53. The number of halogens is 5. The van der Waals surface area contributed by atoms with Crippen LogP contribution < -0.4 is 24.8 Å². The number of ether oxygens (including phenoxy) is 3. The molecule has 6 aliphatic rings. The minimum atomic E-state index is -5.12. The molecule has 6 atom stereocenters. The monoisotopic (exact) mass is 924 g/mol. The van der Waals surface area contributed by atoms with E-state index < -0.39 is 129 Å². The number of alkyl halides is 5. The molecule has 21 heteroatoms. The maximum atomic E-state index is 15.1. The summed E-state index contributed by atoms with van der Waals surface area (Å²) >= 11 is 0. The third-order valence-corrected chi connectivity index (χ3v) is 15.4. The number of hydrogen-bond donors (Lipinski definition) is 3. The number of rotatable bonds is 6. The van der Waals surface area contributed by atoms with Gasteiger partial charge in [-0.3, -0.25) is 24.0 Å². The lowest BCUT2D eigenvalue weighted by Gasteiger charge is -2.50. The van der Waals surface area contributed by atoms with Crippen molar-refractivity contribution >= 4 is 44.7 Å². The van der Waals surface area contributed by atoms with Gasteiger partial charge in [0, 0.05) is 35.8 Å². The maximum absolute atomic E-state index is 15.1. The molecule has 5 heterocycles. The van der Waals surface area contributed by atoms with E-state index in [9.17, 15) is 36.4 Å². The van der Waals surface area contributed by atoms with Crippen molar-refractivity contribution in [1.82, 2.24) is 30.1 Å². The third-order valence-electron chi connectivity index (χ3n) is 13.3. The Labute approximate surface area is 367 Å². The predicted octanol–water partition coefficient (Wildman–Crippen LogP) is 5.66. The number of fused-ring (bicyclic) bond motifs is 5. The summed E-state index contributed by atoms with van der Waals surface area (Å²) in [5.41, 5.74) is -6.18. The zero-order chi connectivity index (χ0) is 46.4. The first-order valence-corrected chi connectivity index (χ1v) is 23.0. The van der Waals surface area contributed by atoms with E-state index in [0.717, 1.165) is 4.90 Å². The molecule has 1 unspecified atom stereocenters. The Kier molecular flexibility index (Phi) is 11.2. The average Bonchev–Trinajstić information content (AvgIpc) is 4.08. The second-order valence-electron chi connectivity index (χ2n) is 19.5. The Bertz CT molecular complexity index is 2400. The molecule has 3 N–H and O–H groups in total. The second-order valence-corrected chi connectivity index (χ2v) is 21.7. The first-order chi connectivity index (χ1) is 29.8. The largest absolute Gasteiger partial charge is 0.497 e. The van der Waals surface area contributed by atoms with Gasteiger partial charge in [-0.25, -0.2) is 27.0 Å². The molecule has 4 amide bonds. The smallest absolute Gasteiger partial charge is 0.437 e. The molecule has 1 aromatic heterocycles. The van der Waals surface area contributed by atoms with Crippen LogP contribution in [-0.2, 0) is 35.3 Å². The Balaban J connectivity index is 1.23. The molecule has 1 aromatic carbocycles. The van der Waals surface area contributed by atoms with Crippen LogP contribution in [0.15, 0.2) is 30.4 Å². The number of pyridine rings is 1. The van der Waals surface area contributed by atoms with Gasteiger partial charge in [-0.1, -0.05) is 25.0 Å². The van der Waals surface area contributed by atoms with Crippen LogP contribution in [0.4, 0.5) is 26.7 Å². The lowest BCUT2D eigenvalue weighted by molar-refractivity contribution is -0.161. The molecule has 0 radical (unpaired) electrons. The van der Waals surface area contributed by atoms with E-state index in [-0.39, 0.29) is 41.5 Å². The van der Waals surface area contributed by atoms with Crippen LogP contribution >= 0.6 is 0 Å². The summed E-state index contributed by atoms with van der Waals surface area (Å²) < 4.78 is 120. The first kappa shape index (κ1) is 45.8. The summed E-state index contributed by atoms with van der Waals surface area (Å²) in [4.78, 5) is 63.5. The second kappa shape index (κ2) is 15.7. The van der Waals surface area contributed by atoms with Gasteiger partial charge < -0.3 is 29.7 Å². The van der Waals surface area contributed by atoms with Crippen molar-refractivity contribution in [2.24, 2.45) is 5.92 Å². The van der Waals surface area contributed by atoms with E-state index in [1.54, 1.807) is 26.8 Å². The summed E-state index contributed by atoms with van der Waals surface area (Å²) in [6, 6.07) is 0.148. The van der Waals surface area contributed by atoms with Crippen LogP contribution in [0.25, 0.3) is 10.9 Å². The van der Waals surface area contributed by atoms with Gasteiger partial charge in [0.25, 0.3) is 11.8 Å². The van der Waals surface area contributed by atoms with E-state index >= 15 is 13.2 Å². The number of amides is 4. The van der Waals surface area contributed by atoms with E-state index in [1.807, 2.05) is 6.08 Å². The van der Waals surface area contributed by atoms with Gasteiger partial charge in [0.1, 0.15) is 34.6 Å². The molecule has 2 saturated heterocycles. The van der Waals surface area contributed by atoms with Gasteiger partial charge in [-0.05, 0) is 84.4 Å². The van der Waals surface area contributed by atoms with Crippen molar-refractivity contribution in [3.05, 3.63) is 41.6 Å². The normalized spacial score (nSPS) is 30.8. The zero-order valence-corrected chi connectivity index (χ0v) is 37.0. The molecule has 8 rings (SSSR count). The molecule has 15 nitrogen and oxygen atoms in total. The molecule has 0 bridgehead atoms. The molecule has 350 valence electrons. The Morgan fingerprint density at radius 1 is 1.00 bits per heavy atom. The number of nitrogens with zero attached hydrogens (tertiary/aromatic N) is 3. The Hall–Kier alpha value is -4.79. The number of carbonyl (C=O) groups excluding carboxylic acids is 4. The van der Waals surface area contributed by atoms with Crippen LogP contribution in [0.5, 0.6) is 11.5 Å². The molecule has 2 saturated carbocycles. The number of carbonyl (C=O) groups is 4. The summed E-state index contributed by atoms with van der Waals surface area (Å²) in [6.07, 6.45) is -0.277. The highest BCUT2D eigenvalue weighted by atomic mass is 32.2. The number of alkyl carbamates (subject to hydrolysis) is 1. The quantitative estimate of drug-likeness (QED) is 0.240. The topological polar surface area (TPSA) is 186 Å². The van der Waals surface area contributed by atoms with Gasteiger partial charge in [0.2, 0.25) is 21.8 Å². The fourth-order valence-corrected chi connectivity index (χ4v) is 10.8. The number of hydrogen-bond acceptors (Lipinski definition) is 11. The molecule has 2 aromatic rings. The van der Waals surface area contributed by atoms with Crippen LogP contribution in [0.3, 0.4) is 0 Å². The van der Waals surface area contributed by atoms with Crippen molar-refractivity contribution in [2.45, 2.75) is 144 Å². The average molecular weight is 925 g/mol. The molecular weight excluding hydrogens is 872 g/mol. The zero-order valence-electron chi connectivity index (χ0n) is 36.2. The minimum absolute atomic E-state index is 0.00815. The minimum Gasteiger partial charge on any atom is -0.497 e. The van der Waals surface area contributed by atoms with E-state index in [1.165, 1.54) is 37.1 Å². The van der Waals surface area contributed by atoms with Crippen molar-refractivity contribution in [3.8, 4) is 11.5 Å². The van der Waals surface area contributed by atoms with Gasteiger partial charge in [-0.2, -0.15) is 13.2 Å². The molecule has 4 aliphatic heterocycles. The molecule has 2 aliphatic carbocycles. The Morgan fingerprint density at radius 3 is 2.34 bits per heavy atom.